The number of benzene rings is 9. The minimum absolute atomic E-state index is 0.00459. The number of fused-ring (bicyclic) bond motifs is 8. The third-order valence-electron chi connectivity index (χ3n) is 15.0. The van der Waals surface area contributed by atoms with Gasteiger partial charge in [-0.3, -0.25) is 0 Å². The minimum Gasteiger partial charge on any atom is -0.457 e. The predicted octanol–water partition coefficient (Wildman–Crippen LogP) is -9.68. The summed E-state index contributed by atoms with van der Waals surface area (Å²) in [5.41, 5.74) is 1.41. The first-order valence-electron chi connectivity index (χ1n) is 23.8. The second-order valence-electron chi connectivity index (χ2n) is 19.2. The van der Waals surface area contributed by atoms with Crippen LogP contribution in [0.2, 0.25) is 0 Å². The lowest BCUT2D eigenvalue weighted by molar-refractivity contribution is 0.675. The average molecular weight is 936 g/mol. The zero-order valence-electron chi connectivity index (χ0n) is 41.3. The number of nitrogens with zero attached hydrogens (tertiary/aromatic N) is 3. The van der Waals surface area contributed by atoms with E-state index >= 15 is 0 Å². The van der Waals surface area contributed by atoms with Gasteiger partial charge in [-0.2, -0.15) is 0 Å². The zero-order valence-corrected chi connectivity index (χ0v) is 41.3. The van der Waals surface area contributed by atoms with Gasteiger partial charge in [-0.25, -0.2) is 9.97 Å². The fourth-order valence-corrected chi connectivity index (χ4v) is 11.0. The summed E-state index contributed by atoms with van der Waals surface area (Å²) in [5.74, 6) is 0.333. The van der Waals surface area contributed by atoms with Crippen LogP contribution >= 0.6 is 0 Å². The van der Waals surface area contributed by atoms with Gasteiger partial charge in [0.25, 0.3) is 0 Å². The smallest absolute Gasteiger partial charge is 0.160 e. The Labute approximate surface area is 476 Å². The summed E-state index contributed by atoms with van der Waals surface area (Å²) >= 11 is 0. The lowest BCUT2D eigenvalue weighted by Crippen LogP contribution is -2.50. The molecule has 0 amide bonds. The van der Waals surface area contributed by atoms with Gasteiger partial charge in [0.05, 0.1) is 11.4 Å². The summed E-state index contributed by atoms with van der Waals surface area (Å²) in [7, 11) is 137. The molecule has 24 heteroatoms. The summed E-state index contributed by atoms with van der Waals surface area (Å²) in [6.45, 7) is 0. The summed E-state index contributed by atoms with van der Waals surface area (Å²) in [5, 5.41) is 3.20. The maximum atomic E-state index is 7.56. The third-order valence-corrected chi connectivity index (χ3v) is 15.0. The van der Waals surface area contributed by atoms with Crippen molar-refractivity contribution < 1.29 is 4.42 Å². The standard InChI is InChI=1S/C54H13B20N3O/c55-29-20(19-13-18(75-54(76-19)15-7-2-1-3-8-15)17-11-10-14-6-4-5-9-16(14)12-17)21-28-36(62)42(68)44(70)48(74)53(28)78-52(21)38(64)23(29)24-33(59)45(71)51(46(72)34(24)60)77-49-26(27-35(61)41(67)43(69)47(73)50(27)77)30(56)22-25(37(49)63)32(58)40(66)39(65)31(22)57/h1-13H. The summed E-state index contributed by atoms with van der Waals surface area (Å²) in [4.78, 5) is 10.3. The second kappa shape index (κ2) is 18.5. The van der Waals surface area contributed by atoms with Crippen molar-refractivity contribution in [1.82, 2.24) is 14.5 Å². The van der Waals surface area contributed by atoms with Crippen LogP contribution in [0.25, 0.3) is 116 Å². The molecule has 12 aromatic rings. The van der Waals surface area contributed by atoms with Crippen molar-refractivity contribution in [3.8, 4) is 50.7 Å². The monoisotopic (exact) mass is 939 g/mol. The van der Waals surface area contributed by atoms with E-state index in [-0.39, 0.29) is 192 Å². The number of rotatable bonds is 5. The van der Waals surface area contributed by atoms with Gasteiger partial charge in [-0.05, 0) is 55.7 Å². The molecule has 0 N–H and O–H groups in total. The van der Waals surface area contributed by atoms with Crippen molar-refractivity contribution in [2.75, 3.05) is 0 Å². The van der Waals surface area contributed by atoms with E-state index in [1.54, 1.807) is 6.07 Å². The van der Waals surface area contributed by atoms with Crippen LogP contribution in [0.4, 0.5) is 0 Å². The Bertz CT molecular complexity index is 4720. The normalized spacial score (nSPS) is 11.8. The molecule has 0 saturated carbocycles. The van der Waals surface area contributed by atoms with Gasteiger partial charge in [0.2, 0.25) is 0 Å². The molecule has 0 aliphatic carbocycles. The first kappa shape index (κ1) is 52.2. The van der Waals surface area contributed by atoms with E-state index in [2.05, 4.69) is 0 Å². The molecule has 0 unspecified atom stereocenters. The van der Waals surface area contributed by atoms with E-state index < -0.39 is 0 Å². The van der Waals surface area contributed by atoms with E-state index in [0.717, 1.165) is 16.3 Å². The van der Waals surface area contributed by atoms with Crippen LogP contribution in [0.15, 0.2) is 83.3 Å². The molecule has 9 aromatic carbocycles. The summed E-state index contributed by atoms with van der Waals surface area (Å²) < 4.78 is 8.10. The highest BCUT2D eigenvalue weighted by atomic mass is 16.3. The number of hydrogen-bond donors (Lipinski definition) is 0. The summed E-state index contributed by atoms with van der Waals surface area (Å²) in [6, 6.07) is 25.1. The van der Waals surface area contributed by atoms with Crippen molar-refractivity contribution in [2.24, 2.45) is 0 Å². The van der Waals surface area contributed by atoms with Gasteiger partial charge in [-0.15, -0.1) is 32.8 Å². The van der Waals surface area contributed by atoms with Gasteiger partial charge in [0.15, 0.2) is 5.82 Å². The molecule has 78 heavy (non-hydrogen) atoms. The fourth-order valence-electron chi connectivity index (χ4n) is 11.0. The Morgan fingerprint density at radius 2 is 0.769 bits per heavy atom. The zero-order chi connectivity index (χ0) is 55.6. The molecule has 40 radical (unpaired) electrons. The molecule has 0 atom stereocenters. The third kappa shape index (κ3) is 7.15. The maximum absolute atomic E-state index is 7.56. The van der Waals surface area contributed by atoms with E-state index in [4.69, 9.17) is 171 Å². The Balaban J connectivity index is 1.22. The Morgan fingerprint density at radius 3 is 1.40 bits per heavy atom. The van der Waals surface area contributed by atoms with Gasteiger partial charge >= 0.3 is 0 Å². The highest BCUT2D eigenvalue weighted by Gasteiger charge is 2.31. The summed E-state index contributed by atoms with van der Waals surface area (Å²) in [6.07, 6.45) is 0. The molecule has 0 spiro atoms. The number of aromatic nitrogens is 3. The first-order valence-corrected chi connectivity index (χ1v) is 23.8. The highest BCUT2D eigenvalue weighted by Crippen LogP contribution is 2.38. The molecule has 0 saturated heterocycles. The Hall–Kier alpha value is -6.52. The van der Waals surface area contributed by atoms with Crippen LogP contribution in [-0.4, -0.2) is 171 Å². The van der Waals surface area contributed by atoms with E-state index in [0.29, 0.717) is 17.1 Å². The number of hydrogen-bond acceptors (Lipinski definition) is 3. The quantitative estimate of drug-likeness (QED) is 0.162. The van der Waals surface area contributed by atoms with Crippen molar-refractivity contribution >= 4 is 331 Å². The van der Waals surface area contributed by atoms with Crippen LogP contribution in [0.3, 0.4) is 0 Å². The first-order chi connectivity index (χ1) is 37.1. The Morgan fingerprint density at radius 1 is 0.295 bits per heavy atom. The highest BCUT2D eigenvalue weighted by molar-refractivity contribution is 6.75. The lowest BCUT2D eigenvalue weighted by Gasteiger charge is -2.28. The fraction of sp³-hybridized carbons (Fsp3) is 0. The van der Waals surface area contributed by atoms with E-state index in [1.807, 2.05) is 72.8 Å². The molecule has 12 rings (SSSR count). The van der Waals surface area contributed by atoms with Crippen LogP contribution in [0.1, 0.15) is 0 Å². The van der Waals surface area contributed by atoms with Gasteiger partial charge in [-0.1, -0.05) is 138 Å². The molecule has 4 nitrogen and oxygen atoms in total. The van der Waals surface area contributed by atoms with Gasteiger partial charge < -0.3 is 8.98 Å². The molecular formula is C54H13B20N3O. The van der Waals surface area contributed by atoms with Crippen LogP contribution < -0.4 is 109 Å². The van der Waals surface area contributed by atoms with Crippen LogP contribution in [0, 0.1) is 0 Å². The number of furan rings is 1. The molecule has 0 aliphatic heterocycles. The molecule has 0 bridgehead atoms. The molecule has 310 valence electrons. The van der Waals surface area contributed by atoms with Crippen molar-refractivity contribution in [1.29, 1.82) is 0 Å². The molecular weight excluding hydrogens is 923 g/mol. The molecule has 3 aromatic heterocycles. The lowest BCUT2D eigenvalue weighted by atomic mass is 9.60. The van der Waals surface area contributed by atoms with Crippen LogP contribution in [-0.2, 0) is 0 Å². The van der Waals surface area contributed by atoms with Crippen LogP contribution in [0.5, 0.6) is 0 Å². The topological polar surface area (TPSA) is 43.9 Å². The SMILES string of the molecule is [B]c1c([B])c(-n2c3c([B])c([B])c([B])c([B])c3c3c([B])c4c([B])c([B])c([B])c([B])c4c([B])c32)c([B])c([B])c1-c1c([B])c(-c2cc(-c3ccc4ccccc4c3)nc(-c3ccccc3)n2)c2c(oc3c([B])c([B])c([B])c([B])c32)c1[B]. The Kier molecular flexibility index (Phi) is 12.4. The van der Waals surface area contributed by atoms with Crippen molar-refractivity contribution in [3.63, 3.8) is 0 Å². The largest absolute Gasteiger partial charge is 0.457 e. The van der Waals surface area contributed by atoms with Gasteiger partial charge in [0, 0.05) is 49.6 Å². The van der Waals surface area contributed by atoms with E-state index in [1.165, 1.54) is 4.57 Å². The van der Waals surface area contributed by atoms with Crippen molar-refractivity contribution in [2.45, 2.75) is 0 Å². The predicted molar refractivity (Wildman–Crippen MR) is 348 cm³/mol. The van der Waals surface area contributed by atoms with E-state index in [9.17, 15) is 0 Å². The van der Waals surface area contributed by atoms with Gasteiger partial charge in [0.1, 0.15) is 168 Å². The molecule has 0 aliphatic rings. The minimum atomic E-state index is -0.197. The molecule has 0 fully saturated rings. The maximum Gasteiger partial charge on any atom is 0.160 e. The second-order valence-corrected chi connectivity index (χ2v) is 19.2. The average Bonchev–Trinajstić information content (AvgIpc) is 3.71. The molecule has 3 heterocycles. The van der Waals surface area contributed by atoms with Crippen molar-refractivity contribution in [3.05, 3.63) is 78.9 Å².